The fourth-order valence-corrected chi connectivity index (χ4v) is 2.72. The normalized spacial score (nSPS) is 13.9. The van der Waals surface area contributed by atoms with Gasteiger partial charge in [-0.05, 0) is 42.8 Å². The van der Waals surface area contributed by atoms with Crippen molar-refractivity contribution in [2.45, 2.75) is 13.5 Å². The van der Waals surface area contributed by atoms with Crippen LogP contribution in [0.5, 0.6) is 0 Å². The van der Waals surface area contributed by atoms with Gasteiger partial charge in [-0.25, -0.2) is 14.0 Å². The molecule has 7 nitrogen and oxygen atoms in total. The quantitative estimate of drug-likeness (QED) is 0.883. The molecule has 1 fully saturated rings. The van der Waals surface area contributed by atoms with E-state index < -0.39 is 11.8 Å². The van der Waals surface area contributed by atoms with Crippen LogP contribution in [0.2, 0.25) is 0 Å². The Hall–Kier alpha value is -3.16. The van der Waals surface area contributed by atoms with Crippen LogP contribution in [0.15, 0.2) is 36.5 Å². The first-order valence-corrected chi connectivity index (χ1v) is 8.21. The van der Waals surface area contributed by atoms with E-state index in [1.165, 1.54) is 12.1 Å². The molecular formula is C18H20FN5O2. The Morgan fingerprint density at radius 3 is 2.62 bits per heavy atom. The number of benzene rings is 1. The summed E-state index contributed by atoms with van der Waals surface area (Å²) in [6, 6.07) is 7.17. The van der Waals surface area contributed by atoms with E-state index in [2.05, 4.69) is 15.6 Å². The van der Waals surface area contributed by atoms with E-state index in [0.29, 0.717) is 36.6 Å². The maximum atomic E-state index is 13.9. The number of hydrogen-bond donors (Lipinski definition) is 2. The van der Waals surface area contributed by atoms with Crippen LogP contribution in [0.25, 0.3) is 0 Å². The third kappa shape index (κ3) is 4.27. The molecule has 3 rings (SSSR count). The first kappa shape index (κ1) is 17.7. The molecule has 0 unspecified atom stereocenters. The van der Waals surface area contributed by atoms with Crippen LogP contribution in [0.3, 0.4) is 0 Å². The molecule has 1 aromatic heterocycles. The van der Waals surface area contributed by atoms with E-state index in [1.807, 2.05) is 6.92 Å². The first-order valence-electron chi connectivity index (χ1n) is 8.21. The van der Waals surface area contributed by atoms with Gasteiger partial charge in [0.2, 0.25) is 0 Å². The van der Waals surface area contributed by atoms with Crippen LogP contribution in [-0.2, 0) is 6.54 Å². The molecule has 1 aliphatic heterocycles. The predicted molar refractivity (Wildman–Crippen MR) is 96.5 cm³/mol. The molecule has 2 N–H and O–H groups in total. The first-order chi connectivity index (χ1) is 12.4. The SMILES string of the molecule is Cc1ccc(NC(=O)Nc2cc(F)cc(CN3CCN(C)C3=O)c2)cn1. The summed E-state index contributed by atoms with van der Waals surface area (Å²) in [7, 11) is 1.73. The van der Waals surface area contributed by atoms with Crippen molar-refractivity contribution in [3.63, 3.8) is 0 Å². The number of pyridine rings is 1. The minimum atomic E-state index is -0.496. The molecule has 1 saturated heterocycles. The van der Waals surface area contributed by atoms with Gasteiger partial charge in [-0.2, -0.15) is 0 Å². The topological polar surface area (TPSA) is 77.6 Å². The number of anilines is 2. The van der Waals surface area contributed by atoms with Crippen molar-refractivity contribution >= 4 is 23.4 Å². The Balaban J connectivity index is 1.66. The van der Waals surface area contributed by atoms with E-state index in [0.717, 1.165) is 5.69 Å². The van der Waals surface area contributed by atoms with Crippen molar-refractivity contribution in [3.8, 4) is 0 Å². The maximum Gasteiger partial charge on any atom is 0.323 e. The van der Waals surface area contributed by atoms with Gasteiger partial charge in [-0.15, -0.1) is 0 Å². The van der Waals surface area contributed by atoms with Gasteiger partial charge in [0.25, 0.3) is 0 Å². The fraction of sp³-hybridized carbons (Fsp3) is 0.278. The average Bonchev–Trinajstić information content (AvgIpc) is 2.88. The van der Waals surface area contributed by atoms with Crippen LogP contribution in [0.1, 0.15) is 11.3 Å². The van der Waals surface area contributed by atoms with Gasteiger partial charge in [0, 0.05) is 38.1 Å². The number of carbonyl (C=O) groups is 2. The fourth-order valence-electron chi connectivity index (χ4n) is 2.72. The van der Waals surface area contributed by atoms with Crippen LogP contribution in [0.4, 0.5) is 25.4 Å². The zero-order chi connectivity index (χ0) is 18.7. The van der Waals surface area contributed by atoms with Gasteiger partial charge < -0.3 is 20.4 Å². The van der Waals surface area contributed by atoms with E-state index in [4.69, 9.17) is 0 Å². The van der Waals surface area contributed by atoms with Crippen LogP contribution < -0.4 is 10.6 Å². The lowest BCUT2D eigenvalue weighted by Gasteiger charge is -2.17. The molecule has 0 bridgehead atoms. The van der Waals surface area contributed by atoms with Gasteiger partial charge >= 0.3 is 12.1 Å². The number of amides is 4. The molecule has 1 aromatic carbocycles. The number of halogens is 1. The highest BCUT2D eigenvalue weighted by molar-refractivity contribution is 5.99. The minimum Gasteiger partial charge on any atom is -0.326 e. The zero-order valence-corrected chi connectivity index (χ0v) is 14.6. The third-order valence-electron chi connectivity index (χ3n) is 4.06. The van der Waals surface area contributed by atoms with Crippen molar-refractivity contribution in [2.75, 3.05) is 30.8 Å². The summed E-state index contributed by atoms with van der Waals surface area (Å²) in [6.07, 6.45) is 1.54. The summed E-state index contributed by atoms with van der Waals surface area (Å²) >= 11 is 0. The standard InChI is InChI=1S/C18H20FN5O2/c1-12-3-4-15(10-20-12)21-17(25)22-16-8-13(7-14(19)9-16)11-24-6-5-23(2)18(24)26/h3-4,7-10H,5-6,11H2,1-2H3,(H2,21,22,25). The number of nitrogens with one attached hydrogen (secondary N) is 2. The second-order valence-electron chi connectivity index (χ2n) is 6.24. The number of carbonyl (C=O) groups excluding carboxylic acids is 2. The highest BCUT2D eigenvalue weighted by atomic mass is 19.1. The van der Waals surface area contributed by atoms with Gasteiger partial charge in [0.1, 0.15) is 5.82 Å². The summed E-state index contributed by atoms with van der Waals surface area (Å²) in [5, 5.41) is 5.24. The molecule has 8 heteroatoms. The van der Waals surface area contributed by atoms with Crippen molar-refractivity contribution in [1.29, 1.82) is 0 Å². The van der Waals surface area contributed by atoms with Gasteiger partial charge in [0.15, 0.2) is 0 Å². The van der Waals surface area contributed by atoms with Crippen LogP contribution >= 0.6 is 0 Å². The summed E-state index contributed by atoms with van der Waals surface area (Å²) < 4.78 is 13.9. The van der Waals surface area contributed by atoms with Crippen molar-refractivity contribution in [3.05, 3.63) is 53.6 Å². The molecule has 26 heavy (non-hydrogen) atoms. The van der Waals surface area contributed by atoms with Crippen LogP contribution in [0, 0.1) is 12.7 Å². The van der Waals surface area contributed by atoms with Gasteiger partial charge in [-0.3, -0.25) is 4.98 Å². The average molecular weight is 357 g/mol. The number of aryl methyl sites for hydroxylation is 1. The Morgan fingerprint density at radius 2 is 1.96 bits per heavy atom. The van der Waals surface area contributed by atoms with E-state index >= 15 is 0 Å². The highest BCUT2D eigenvalue weighted by Gasteiger charge is 2.25. The summed E-state index contributed by atoms with van der Waals surface area (Å²) in [5.74, 6) is -0.477. The lowest BCUT2D eigenvalue weighted by Crippen LogP contribution is -2.29. The zero-order valence-electron chi connectivity index (χ0n) is 14.6. The van der Waals surface area contributed by atoms with Crippen molar-refractivity contribution in [1.82, 2.24) is 14.8 Å². The number of nitrogens with zero attached hydrogens (tertiary/aromatic N) is 3. The molecule has 1 aliphatic rings. The Kier molecular flexibility index (Phi) is 5.01. The molecule has 0 radical (unpaired) electrons. The molecule has 0 saturated carbocycles. The lowest BCUT2D eigenvalue weighted by molar-refractivity contribution is 0.197. The summed E-state index contributed by atoms with van der Waals surface area (Å²) in [6.45, 7) is 3.38. The number of likely N-dealkylation sites (N-methyl/N-ethyl adjacent to an activating group) is 1. The number of hydrogen-bond acceptors (Lipinski definition) is 3. The van der Waals surface area contributed by atoms with E-state index in [9.17, 15) is 14.0 Å². The van der Waals surface area contributed by atoms with E-state index in [-0.39, 0.29) is 6.03 Å². The summed E-state index contributed by atoms with van der Waals surface area (Å²) in [4.78, 5) is 31.4. The van der Waals surface area contributed by atoms with Crippen LogP contribution in [-0.4, -0.2) is 47.0 Å². The molecule has 0 atom stereocenters. The summed E-state index contributed by atoms with van der Waals surface area (Å²) in [5.41, 5.74) is 2.31. The third-order valence-corrected chi connectivity index (χ3v) is 4.06. The van der Waals surface area contributed by atoms with Gasteiger partial charge in [0.05, 0.1) is 11.9 Å². The number of rotatable bonds is 4. The number of aromatic nitrogens is 1. The largest absolute Gasteiger partial charge is 0.326 e. The van der Waals surface area contributed by atoms with Crippen molar-refractivity contribution in [2.24, 2.45) is 0 Å². The highest BCUT2D eigenvalue weighted by Crippen LogP contribution is 2.18. The molecule has 4 amide bonds. The lowest BCUT2D eigenvalue weighted by atomic mass is 10.2. The smallest absolute Gasteiger partial charge is 0.323 e. The Bertz CT molecular complexity index is 825. The molecule has 0 aliphatic carbocycles. The second-order valence-corrected chi connectivity index (χ2v) is 6.24. The molecule has 136 valence electrons. The molecule has 0 spiro atoms. The van der Waals surface area contributed by atoms with Gasteiger partial charge in [-0.1, -0.05) is 0 Å². The van der Waals surface area contributed by atoms with Crippen molar-refractivity contribution < 1.29 is 14.0 Å². The minimum absolute atomic E-state index is 0.0895. The second kappa shape index (κ2) is 7.38. The molecule has 2 aromatic rings. The molecule has 2 heterocycles. The monoisotopic (exact) mass is 357 g/mol. The Morgan fingerprint density at radius 1 is 1.19 bits per heavy atom. The Labute approximate surface area is 150 Å². The predicted octanol–water partition coefficient (Wildman–Crippen LogP) is 3.04. The number of urea groups is 2. The molecular weight excluding hydrogens is 337 g/mol. The maximum absolute atomic E-state index is 13.9. The van der Waals surface area contributed by atoms with E-state index in [1.54, 1.807) is 41.2 Å².